The van der Waals surface area contributed by atoms with Crippen LogP contribution < -0.4 is 5.73 Å². The van der Waals surface area contributed by atoms with Gasteiger partial charge in [0.2, 0.25) is 0 Å². The maximum absolute atomic E-state index is 5.92. The van der Waals surface area contributed by atoms with Crippen LogP contribution in [0.15, 0.2) is 58.3 Å². The molecule has 0 unspecified atom stereocenters. The van der Waals surface area contributed by atoms with E-state index >= 15 is 0 Å². The lowest BCUT2D eigenvalue weighted by molar-refractivity contribution is 0.776. The van der Waals surface area contributed by atoms with Crippen molar-refractivity contribution in [3.05, 3.63) is 59.7 Å². The molecule has 0 fully saturated rings. The van der Waals surface area contributed by atoms with Crippen LogP contribution in [-0.4, -0.2) is 6.54 Å². The van der Waals surface area contributed by atoms with Gasteiger partial charge >= 0.3 is 0 Å². The first-order chi connectivity index (χ1) is 7.90. The molecule has 0 radical (unpaired) electrons. The highest BCUT2D eigenvalue weighted by atomic mass is 32.2. The van der Waals surface area contributed by atoms with E-state index in [1.54, 1.807) is 0 Å². The molecule has 3 rings (SSSR count). The largest absolute Gasteiger partial charge is 0.330 e. The molecule has 16 heavy (non-hydrogen) atoms. The van der Waals surface area contributed by atoms with E-state index in [2.05, 4.69) is 48.5 Å². The molecule has 80 valence electrons. The summed E-state index contributed by atoms with van der Waals surface area (Å²) in [6, 6.07) is 17.1. The Bertz CT molecular complexity index is 476. The standard InChI is InChI=1S/C14H13NS/c15-9-12-10-5-1-3-7-13(10)16-14-8-4-2-6-11(12)14/h1-8,12H,9,15H2. The first kappa shape index (κ1) is 9.94. The van der Waals surface area contributed by atoms with Crippen molar-refractivity contribution < 1.29 is 0 Å². The molecule has 0 bridgehead atoms. The minimum absolute atomic E-state index is 0.355. The van der Waals surface area contributed by atoms with Crippen molar-refractivity contribution in [2.45, 2.75) is 15.7 Å². The summed E-state index contributed by atoms with van der Waals surface area (Å²) in [6.07, 6.45) is 0. The van der Waals surface area contributed by atoms with E-state index in [9.17, 15) is 0 Å². The third-order valence-corrected chi connectivity index (χ3v) is 4.23. The molecule has 0 aliphatic carbocycles. The molecular weight excluding hydrogens is 214 g/mol. The highest BCUT2D eigenvalue weighted by Crippen LogP contribution is 2.44. The average Bonchev–Trinajstić information content (AvgIpc) is 2.36. The van der Waals surface area contributed by atoms with Crippen LogP contribution in [-0.2, 0) is 0 Å². The maximum Gasteiger partial charge on any atom is 0.0234 e. The van der Waals surface area contributed by atoms with Gasteiger partial charge in [-0.1, -0.05) is 48.2 Å². The summed E-state index contributed by atoms with van der Waals surface area (Å²) in [5.74, 6) is 0.355. The molecule has 2 heteroatoms. The van der Waals surface area contributed by atoms with Crippen LogP contribution >= 0.6 is 11.8 Å². The highest BCUT2D eigenvalue weighted by Gasteiger charge is 2.23. The van der Waals surface area contributed by atoms with Crippen LogP contribution in [0.25, 0.3) is 0 Å². The first-order valence-electron chi connectivity index (χ1n) is 5.46. The van der Waals surface area contributed by atoms with Crippen molar-refractivity contribution in [3.8, 4) is 0 Å². The third kappa shape index (κ3) is 1.46. The lowest BCUT2D eigenvalue weighted by atomic mass is 9.91. The van der Waals surface area contributed by atoms with Gasteiger partial charge in [-0.05, 0) is 23.3 Å². The lowest BCUT2D eigenvalue weighted by Crippen LogP contribution is -2.17. The molecular formula is C14H13NS. The highest BCUT2D eigenvalue weighted by molar-refractivity contribution is 7.99. The summed E-state index contributed by atoms with van der Waals surface area (Å²) in [7, 11) is 0. The van der Waals surface area contributed by atoms with Gasteiger partial charge in [0.25, 0.3) is 0 Å². The minimum atomic E-state index is 0.355. The van der Waals surface area contributed by atoms with Gasteiger partial charge in [-0.2, -0.15) is 0 Å². The van der Waals surface area contributed by atoms with Crippen molar-refractivity contribution in [3.63, 3.8) is 0 Å². The Balaban J connectivity index is 2.19. The second-order valence-corrected chi connectivity index (χ2v) is 5.05. The predicted molar refractivity (Wildman–Crippen MR) is 67.9 cm³/mol. The first-order valence-corrected chi connectivity index (χ1v) is 6.27. The van der Waals surface area contributed by atoms with E-state index in [0.29, 0.717) is 12.5 Å². The number of fused-ring (bicyclic) bond motifs is 2. The van der Waals surface area contributed by atoms with Crippen LogP contribution in [0.3, 0.4) is 0 Å². The fourth-order valence-corrected chi connectivity index (χ4v) is 3.45. The topological polar surface area (TPSA) is 26.0 Å². The Morgan fingerprint density at radius 2 is 1.38 bits per heavy atom. The normalized spacial score (nSPS) is 14.3. The maximum atomic E-state index is 5.92. The zero-order valence-corrected chi connectivity index (χ0v) is 9.71. The van der Waals surface area contributed by atoms with E-state index in [4.69, 9.17) is 5.73 Å². The van der Waals surface area contributed by atoms with Gasteiger partial charge in [0.1, 0.15) is 0 Å². The molecule has 0 atom stereocenters. The molecule has 0 aromatic heterocycles. The summed E-state index contributed by atoms with van der Waals surface area (Å²) in [5.41, 5.74) is 8.66. The summed E-state index contributed by atoms with van der Waals surface area (Å²) in [4.78, 5) is 2.69. The van der Waals surface area contributed by atoms with Gasteiger partial charge < -0.3 is 5.73 Å². The Hall–Kier alpha value is -1.25. The fraction of sp³-hybridized carbons (Fsp3) is 0.143. The van der Waals surface area contributed by atoms with Crippen molar-refractivity contribution in [2.24, 2.45) is 5.73 Å². The van der Waals surface area contributed by atoms with Crippen molar-refractivity contribution in [1.29, 1.82) is 0 Å². The smallest absolute Gasteiger partial charge is 0.0234 e. The molecule has 1 heterocycles. The number of rotatable bonds is 1. The summed E-state index contributed by atoms with van der Waals surface area (Å²) < 4.78 is 0. The SMILES string of the molecule is NCC1c2ccccc2Sc2ccccc21. The van der Waals surface area contributed by atoms with Crippen molar-refractivity contribution in [1.82, 2.24) is 0 Å². The van der Waals surface area contributed by atoms with E-state index in [1.165, 1.54) is 20.9 Å². The van der Waals surface area contributed by atoms with Crippen molar-refractivity contribution >= 4 is 11.8 Å². The predicted octanol–water partition coefficient (Wildman–Crippen LogP) is 3.24. The summed E-state index contributed by atoms with van der Waals surface area (Å²) in [5, 5.41) is 0. The van der Waals surface area contributed by atoms with E-state index in [1.807, 2.05) is 11.8 Å². The van der Waals surface area contributed by atoms with E-state index in [-0.39, 0.29) is 0 Å². The van der Waals surface area contributed by atoms with Gasteiger partial charge in [-0.25, -0.2) is 0 Å². The van der Waals surface area contributed by atoms with Gasteiger partial charge in [0, 0.05) is 22.3 Å². The molecule has 0 amide bonds. The summed E-state index contributed by atoms with van der Waals surface area (Å²) >= 11 is 1.85. The molecule has 0 saturated carbocycles. The lowest BCUT2D eigenvalue weighted by Gasteiger charge is -2.26. The molecule has 1 aliphatic heterocycles. The molecule has 1 nitrogen and oxygen atoms in total. The Kier molecular flexibility index (Phi) is 2.46. The van der Waals surface area contributed by atoms with Crippen LogP contribution in [0, 0.1) is 0 Å². The fourth-order valence-electron chi connectivity index (χ4n) is 2.26. The molecule has 0 saturated heterocycles. The molecule has 0 spiro atoms. The van der Waals surface area contributed by atoms with Crippen LogP contribution in [0.4, 0.5) is 0 Å². The second kappa shape index (κ2) is 3.96. The molecule has 2 aromatic carbocycles. The number of nitrogens with two attached hydrogens (primary N) is 1. The zero-order valence-electron chi connectivity index (χ0n) is 8.89. The van der Waals surface area contributed by atoms with E-state index < -0.39 is 0 Å². The number of benzene rings is 2. The monoisotopic (exact) mass is 227 g/mol. The Labute approximate surface area is 99.7 Å². The third-order valence-electron chi connectivity index (χ3n) is 3.04. The van der Waals surface area contributed by atoms with Gasteiger partial charge in [0.05, 0.1) is 0 Å². The zero-order chi connectivity index (χ0) is 11.0. The molecule has 2 N–H and O–H groups in total. The second-order valence-electron chi connectivity index (χ2n) is 3.97. The average molecular weight is 227 g/mol. The van der Waals surface area contributed by atoms with Crippen LogP contribution in [0.1, 0.15) is 17.0 Å². The van der Waals surface area contributed by atoms with Gasteiger partial charge in [-0.3, -0.25) is 0 Å². The van der Waals surface area contributed by atoms with Gasteiger partial charge in [-0.15, -0.1) is 0 Å². The van der Waals surface area contributed by atoms with E-state index in [0.717, 1.165) is 0 Å². The van der Waals surface area contributed by atoms with Crippen LogP contribution in [0.5, 0.6) is 0 Å². The quantitative estimate of drug-likeness (QED) is 0.809. The number of hydrogen-bond donors (Lipinski definition) is 1. The Morgan fingerprint density at radius 3 is 1.88 bits per heavy atom. The van der Waals surface area contributed by atoms with Crippen LogP contribution in [0.2, 0.25) is 0 Å². The summed E-state index contributed by atoms with van der Waals surface area (Å²) in [6.45, 7) is 0.675. The molecule has 1 aliphatic rings. The number of hydrogen-bond acceptors (Lipinski definition) is 2. The minimum Gasteiger partial charge on any atom is -0.330 e. The van der Waals surface area contributed by atoms with Gasteiger partial charge in [0.15, 0.2) is 0 Å². The molecule has 2 aromatic rings. The van der Waals surface area contributed by atoms with Crippen molar-refractivity contribution in [2.75, 3.05) is 6.54 Å². The Morgan fingerprint density at radius 1 is 0.875 bits per heavy atom.